The van der Waals surface area contributed by atoms with Crippen LogP contribution in [0, 0.1) is 0 Å². The van der Waals surface area contributed by atoms with Crippen LogP contribution in [0.2, 0.25) is 0 Å². The first-order valence-corrected chi connectivity index (χ1v) is 4.98. The van der Waals surface area contributed by atoms with Gasteiger partial charge in [0.15, 0.2) is 5.49 Å². The maximum atomic E-state index is 9.69. The van der Waals surface area contributed by atoms with Crippen LogP contribution in [0.25, 0.3) is 17.0 Å². The summed E-state index contributed by atoms with van der Waals surface area (Å²) in [5.41, 5.74) is 1.59. The van der Waals surface area contributed by atoms with E-state index in [1.165, 1.54) is 0 Å². The van der Waals surface area contributed by atoms with Gasteiger partial charge in [-0.1, -0.05) is 12.1 Å². The fraction of sp³-hybridized carbons (Fsp3) is 0.167. The molecule has 1 aromatic carbocycles. The van der Waals surface area contributed by atoms with Crippen LogP contribution >= 0.6 is 0 Å². The average Bonchev–Trinajstić information content (AvgIpc) is 2.27. The third-order valence-electron chi connectivity index (χ3n) is 2.60. The molecular weight excluding hydrogens is 188 g/mol. The molecule has 3 heteroatoms. The summed E-state index contributed by atoms with van der Waals surface area (Å²) in [5.74, 6) is 0.279. The van der Waals surface area contributed by atoms with Crippen molar-refractivity contribution >= 4 is 17.0 Å². The zero-order chi connectivity index (χ0) is 10.3. The highest BCUT2D eigenvalue weighted by Crippen LogP contribution is 2.19. The van der Waals surface area contributed by atoms with Gasteiger partial charge >= 0.3 is 0 Å². The van der Waals surface area contributed by atoms with Gasteiger partial charge in [-0.05, 0) is 24.6 Å². The second-order valence-electron chi connectivity index (χ2n) is 3.62. The Kier molecular flexibility index (Phi) is 1.71. The molecule has 0 radical (unpaired) electrons. The van der Waals surface area contributed by atoms with Crippen LogP contribution in [0.4, 0.5) is 0 Å². The molecule has 3 nitrogen and oxygen atoms in total. The number of phenolic OH excluding ortho intramolecular Hbond substituents is 1. The largest absolute Gasteiger partial charge is 0.507 e. The minimum Gasteiger partial charge on any atom is -0.507 e. The first kappa shape index (κ1) is 8.41. The van der Waals surface area contributed by atoms with E-state index in [9.17, 15) is 5.11 Å². The molecule has 2 heterocycles. The summed E-state index contributed by atoms with van der Waals surface area (Å²) in [4.78, 5) is 8.77. The van der Waals surface area contributed by atoms with E-state index in [0.29, 0.717) is 0 Å². The highest BCUT2D eigenvalue weighted by atomic mass is 16.3. The van der Waals surface area contributed by atoms with Crippen molar-refractivity contribution in [2.45, 2.75) is 6.42 Å². The minimum atomic E-state index is 0.279. The second-order valence-corrected chi connectivity index (χ2v) is 3.62. The number of fused-ring (bicyclic) bond motifs is 2. The van der Waals surface area contributed by atoms with Crippen LogP contribution in [0.5, 0.6) is 5.75 Å². The average molecular weight is 198 g/mol. The Hall–Kier alpha value is -1.90. The van der Waals surface area contributed by atoms with Crippen molar-refractivity contribution in [2.75, 3.05) is 6.54 Å². The lowest BCUT2D eigenvalue weighted by Gasteiger charge is -2.03. The number of phenols is 1. The van der Waals surface area contributed by atoms with Crippen LogP contribution in [-0.2, 0) is 0 Å². The Morgan fingerprint density at radius 1 is 1.27 bits per heavy atom. The van der Waals surface area contributed by atoms with Gasteiger partial charge in [0.2, 0.25) is 0 Å². The van der Waals surface area contributed by atoms with Crippen molar-refractivity contribution in [3.63, 3.8) is 0 Å². The lowest BCUT2D eigenvalue weighted by Crippen LogP contribution is -2.31. The van der Waals surface area contributed by atoms with E-state index in [-0.39, 0.29) is 5.75 Å². The van der Waals surface area contributed by atoms with Crippen LogP contribution in [-0.4, -0.2) is 16.6 Å². The molecule has 15 heavy (non-hydrogen) atoms. The maximum Gasteiger partial charge on any atom is 0.154 e. The van der Waals surface area contributed by atoms with Gasteiger partial charge in [0, 0.05) is 17.1 Å². The van der Waals surface area contributed by atoms with Crippen molar-refractivity contribution < 1.29 is 5.11 Å². The third kappa shape index (κ3) is 1.28. The monoisotopic (exact) mass is 198 g/mol. The number of pyridine rings is 1. The predicted molar refractivity (Wildman–Crippen MR) is 58.1 cm³/mol. The van der Waals surface area contributed by atoms with Crippen LogP contribution in [0.15, 0.2) is 29.3 Å². The minimum absolute atomic E-state index is 0.279. The fourth-order valence-corrected chi connectivity index (χ4v) is 1.85. The first-order chi connectivity index (χ1) is 7.34. The van der Waals surface area contributed by atoms with Crippen molar-refractivity contribution in [1.29, 1.82) is 0 Å². The summed E-state index contributed by atoms with van der Waals surface area (Å²) in [6.07, 6.45) is 3.06. The summed E-state index contributed by atoms with van der Waals surface area (Å²) in [7, 11) is 0. The molecule has 0 saturated carbocycles. The van der Waals surface area contributed by atoms with Gasteiger partial charge in [0.25, 0.3) is 0 Å². The van der Waals surface area contributed by atoms with E-state index in [2.05, 4.69) is 16.1 Å². The number of nitrogens with zero attached hydrogens (tertiary/aromatic N) is 2. The van der Waals surface area contributed by atoms with E-state index >= 15 is 0 Å². The molecule has 2 aromatic rings. The first-order valence-electron chi connectivity index (χ1n) is 4.98. The smallest absolute Gasteiger partial charge is 0.154 e. The van der Waals surface area contributed by atoms with Gasteiger partial charge in [0.1, 0.15) is 5.75 Å². The topological polar surface area (TPSA) is 45.5 Å². The molecule has 0 unspecified atom stereocenters. The highest BCUT2D eigenvalue weighted by Gasteiger charge is 2.02. The van der Waals surface area contributed by atoms with Gasteiger partial charge in [-0.15, -0.1) is 0 Å². The Balaban J connectivity index is 2.52. The van der Waals surface area contributed by atoms with Crippen LogP contribution in [0.1, 0.15) is 6.42 Å². The molecule has 0 amide bonds. The van der Waals surface area contributed by atoms with E-state index in [1.807, 2.05) is 12.1 Å². The second kappa shape index (κ2) is 3.05. The molecule has 1 aromatic heterocycles. The van der Waals surface area contributed by atoms with E-state index in [0.717, 1.165) is 34.6 Å². The normalized spacial score (nSPS) is 14.1. The maximum absolute atomic E-state index is 9.69. The number of hydrogen-bond acceptors (Lipinski definition) is 3. The van der Waals surface area contributed by atoms with Gasteiger partial charge in [-0.25, -0.2) is 4.98 Å². The molecule has 1 aliphatic heterocycles. The number of rotatable bonds is 0. The molecule has 0 spiro atoms. The molecule has 0 atom stereocenters. The summed E-state index contributed by atoms with van der Waals surface area (Å²) < 4.78 is 0. The van der Waals surface area contributed by atoms with E-state index < -0.39 is 0 Å². The SMILES string of the molecule is Oc1cccc2nc3c(cc12)=CCCN=3. The van der Waals surface area contributed by atoms with Crippen molar-refractivity contribution in [3.8, 4) is 5.75 Å². The number of aromatic hydroxyl groups is 1. The molecule has 3 rings (SSSR count). The van der Waals surface area contributed by atoms with Gasteiger partial charge in [-0.3, -0.25) is 4.99 Å². The molecule has 1 aliphatic rings. The third-order valence-corrected chi connectivity index (χ3v) is 2.60. The Labute approximate surface area is 86.4 Å². The lowest BCUT2D eigenvalue weighted by molar-refractivity contribution is 0.481. The van der Waals surface area contributed by atoms with Gasteiger partial charge < -0.3 is 5.11 Å². The van der Waals surface area contributed by atoms with E-state index in [4.69, 9.17) is 0 Å². The van der Waals surface area contributed by atoms with Gasteiger partial charge in [0.05, 0.1) is 5.52 Å². The predicted octanol–water partition coefficient (Wildman–Crippen LogP) is 0.744. The molecule has 0 saturated heterocycles. The summed E-state index contributed by atoms with van der Waals surface area (Å²) in [6, 6.07) is 7.31. The number of hydrogen-bond donors (Lipinski definition) is 1. The fourth-order valence-electron chi connectivity index (χ4n) is 1.85. The standard InChI is InChI=1S/C12H10N2O/c15-11-5-1-4-10-9(11)7-8-3-2-6-13-12(8)14-10/h1,3-5,7,15H,2,6H2. The van der Waals surface area contributed by atoms with Crippen molar-refractivity contribution in [2.24, 2.45) is 4.99 Å². The highest BCUT2D eigenvalue weighted by molar-refractivity contribution is 5.84. The molecule has 1 N–H and O–H groups in total. The zero-order valence-electron chi connectivity index (χ0n) is 8.14. The summed E-state index contributed by atoms with van der Waals surface area (Å²) >= 11 is 0. The molecule has 0 aliphatic carbocycles. The molecular formula is C12H10N2O. The van der Waals surface area contributed by atoms with E-state index in [1.54, 1.807) is 12.1 Å². The summed E-state index contributed by atoms with van der Waals surface area (Å²) in [6.45, 7) is 0.810. The van der Waals surface area contributed by atoms with Crippen molar-refractivity contribution in [1.82, 2.24) is 4.98 Å². The number of aromatic nitrogens is 1. The number of benzene rings is 1. The van der Waals surface area contributed by atoms with Gasteiger partial charge in [-0.2, -0.15) is 0 Å². The quantitative estimate of drug-likeness (QED) is 0.678. The van der Waals surface area contributed by atoms with Crippen molar-refractivity contribution in [3.05, 3.63) is 35.0 Å². The molecule has 74 valence electrons. The summed E-state index contributed by atoms with van der Waals surface area (Å²) in [5, 5.41) is 11.5. The van der Waals surface area contributed by atoms with Crippen LogP contribution < -0.4 is 10.7 Å². The van der Waals surface area contributed by atoms with Crippen LogP contribution in [0.3, 0.4) is 0 Å². The Morgan fingerprint density at radius 2 is 2.20 bits per heavy atom. The Bertz CT molecular complexity index is 646. The Morgan fingerprint density at radius 3 is 3.13 bits per heavy atom. The lowest BCUT2D eigenvalue weighted by atomic mass is 10.1. The molecule has 0 fully saturated rings. The zero-order valence-corrected chi connectivity index (χ0v) is 8.14. The molecule has 0 bridgehead atoms.